The van der Waals surface area contributed by atoms with Crippen LogP contribution in [-0.2, 0) is 23.9 Å². The molecule has 1 N–H and O–H groups in total. The summed E-state index contributed by atoms with van der Waals surface area (Å²) in [6.45, 7) is 15.4. The van der Waals surface area contributed by atoms with Gasteiger partial charge < -0.3 is 29.3 Å². The molecule has 2 unspecified atom stereocenters. The summed E-state index contributed by atoms with van der Waals surface area (Å²) in [6, 6.07) is -0.821. The van der Waals surface area contributed by atoms with Gasteiger partial charge in [0.1, 0.15) is 11.6 Å². The van der Waals surface area contributed by atoms with Crippen molar-refractivity contribution in [3.8, 4) is 0 Å². The molecule has 0 aromatic heterocycles. The first-order valence-corrected chi connectivity index (χ1v) is 14.1. The van der Waals surface area contributed by atoms with E-state index in [1.54, 1.807) is 26.9 Å². The molecule has 10 nitrogen and oxygen atoms in total. The van der Waals surface area contributed by atoms with E-state index in [2.05, 4.69) is 18.1 Å². The van der Waals surface area contributed by atoms with Gasteiger partial charge in [-0.15, -0.1) is 13.2 Å². The lowest BCUT2D eigenvalue weighted by Gasteiger charge is -2.37. The van der Waals surface area contributed by atoms with Crippen LogP contribution in [-0.4, -0.2) is 132 Å². The van der Waals surface area contributed by atoms with Crippen molar-refractivity contribution >= 4 is 17.7 Å². The Balaban J connectivity index is 1.62. The van der Waals surface area contributed by atoms with Crippen molar-refractivity contribution in [2.75, 3.05) is 72.2 Å². The molecule has 0 saturated carbocycles. The lowest BCUT2D eigenvalue weighted by Crippen LogP contribution is -2.57. The van der Waals surface area contributed by atoms with Crippen molar-refractivity contribution in [2.45, 2.75) is 50.4 Å². The minimum absolute atomic E-state index is 0.0920. The van der Waals surface area contributed by atoms with Crippen molar-refractivity contribution in [2.24, 2.45) is 11.8 Å². The number of carbonyl (C=O) groups is 3. The predicted molar refractivity (Wildman–Crippen MR) is 142 cm³/mol. The number of ether oxygens (including phenoxy) is 2. The van der Waals surface area contributed by atoms with Gasteiger partial charge in [-0.3, -0.25) is 19.3 Å². The summed E-state index contributed by atoms with van der Waals surface area (Å²) < 4.78 is 12.0. The Bertz CT molecular complexity index is 893. The van der Waals surface area contributed by atoms with Crippen LogP contribution in [0.3, 0.4) is 0 Å². The molecule has 38 heavy (non-hydrogen) atoms. The van der Waals surface area contributed by atoms with E-state index >= 15 is 0 Å². The van der Waals surface area contributed by atoms with Gasteiger partial charge in [-0.1, -0.05) is 19.1 Å². The maximum absolute atomic E-state index is 14.3. The van der Waals surface area contributed by atoms with Crippen molar-refractivity contribution < 1.29 is 29.0 Å². The Labute approximate surface area is 226 Å². The largest absolute Gasteiger partial charge is 0.396 e. The molecule has 0 aliphatic carbocycles. The smallest absolute Gasteiger partial charge is 0.248 e. The van der Waals surface area contributed by atoms with Crippen LogP contribution in [0.25, 0.3) is 0 Å². The lowest BCUT2D eigenvalue weighted by molar-refractivity contribution is -0.149. The molecule has 1 spiro atoms. The maximum atomic E-state index is 14.3. The van der Waals surface area contributed by atoms with Gasteiger partial charge in [0.05, 0.1) is 31.2 Å². The van der Waals surface area contributed by atoms with E-state index in [0.717, 1.165) is 19.5 Å². The molecule has 0 aromatic carbocycles. The SMILES string of the molecule is C=CCN(CCN1CCOCC1)C(=O)C1N(CCCO)C(=O)[C@@H]2[C@H](C(=O)N(CC=C)CCC)[C@@H]3CCC12O3. The molecule has 212 valence electrons. The summed E-state index contributed by atoms with van der Waals surface area (Å²) in [5.41, 5.74) is -1.03. The third kappa shape index (κ3) is 5.28. The maximum Gasteiger partial charge on any atom is 0.248 e. The summed E-state index contributed by atoms with van der Waals surface area (Å²) in [7, 11) is 0. The van der Waals surface area contributed by atoms with Gasteiger partial charge in [0.2, 0.25) is 17.7 Å². The molecule has 3 amide bonds. The van der Waals surface area contributed by atoms with Gasteiger partial charge in [-0.25, -0.2) is 0 Å². The Hall–Kier alpha value is -2.27. The number of hydrogen-bond donors (Lipinski definition) is 1. The van der Waals surface area contributed by atoms with Crippen LogP contribution in [0.5, 0.6) is 0 Å². The van der Waals surface area contributed by atoms with E-state index in [1.807, 2.05) is 6.92 Å². The van der Waals surface area contributed by atoms with E-state index in [9.17, 15) is 19.5 Å². The Morgan fingerprint density at radius 2 is 1.79 bits per heavy atom. The summed E-state index contributed by atoms with van der Waals surface area (Å²) in [5.74, 6) is -1.78. The monoisotopic (exact) mass is 532 g/mol. The highest BCUT2D eigenvalue weighted by Crippen LogP contribution is 2.59. The molecule has 4 heterocycles. The third-order valence-corrected chi connectivity index (χ3v) is 8.48. The quantitative estimate of drug-likeness (QED) is 0.325. The topological polar surface area (TPSA) is 103 Å². The first kappa shape index (κ1) is 28.7. The minimum atomic E-state index is -1.03. The van der Waals surface area contributed by atoms with Crippen LogP contribution in [0.15, 0.2) is 25.3 Å². The molecule has 0 radical (unpaired) electrons. The average Bonchev–Trinajstić information content (AvgIpc) is 3.57. The number of aliphatic hydroxyl groups excluding tert-OH is 1. The van der Waals surface area contributed by atoms with Crippen LogP contribution in [0.2, 0.25) is 0 Å². The fourth-order valence-corrected chi connectivity index (χ4v) is 6.83. The Morgan fingerprint density at radius 3 is 2.42 bits per heavy atom. The second-order valence-electron chi connectivity index (χ2n) is 10.8. The molecular formula is C28H44N4O6. The van der Waals surface area contributed by atoms with Crippen molar-refractivity contribution in [1.82, 2.24) is 19.6 Å². The number of carbonyl (C=O) groups excluding carboxylic acids is 3. The van der Waals surface area contributed by atoms with Gasteiger partial charge in [0.25, 0.3) is 0 Å². The van der Waals surface area contributed by atoms with Crippen molar-refractivity contribution in [3.63, 3.8) is 0 Å². The minimum Gasteiger partial charge on any atom is -0.396 e. The Morgan fingerprint density at radius 1 is 1.11 bits per heavy atom. The summed E-state index contributed by atoms with van der Waals surface area (Å²) in [5, 5.41) is 9.56. The van der Waals surface area contributed by atoms with E-state index in [0.29, 0.717) is 65.2 Å². The summed E-state index contributed by atoms with van der Waals surface area (Å²) in [4.78, 5) is 49.4. The molecule has 10 heteroatoms. The standard InChI is InChI=1S/C28H44N4O6/c1-4-10-30(11-5-2)25(34)22-21-8-9-28(38-21)23(22)26(35)32(13-7-18-33)24(28)27(36)31(12-6-3)15-14-29-16-19-37-20-17-29/h4,6,21-24,33H,1,3,5,7-20H2,2H3/t21-,22+,23-,24?,28?/m0/s1. The Kier molecular flexibility index (Phi) is 9.62. The average molecular weight is 533 g/mol. The van der Waals surface area contributed by atoms with Crippen LogP contribution < -0.4 is 0 Å². The molecule has 2 bridgehead atoms. The fraction of sp³-hybridized carbons (Fsp3) is 0.750. The van der Waals surface area contributed by atoms with Crippen LogP contribution >= 0.6 is 0 Å². The lowest BCUT2D eigenvalue weighted by atomic mass is 9.70. The zero-order valence-electron chi connectivity index (χ0n) is 22.8. The van der Waals surface area contributed by atoms with Gasteiger partial charge in [0.15, 0.2) is 0 Å². The van der Waals surface area contributed by atoms with E-state index in [-0.39, 0.29) is 37.0 Å². The van der Waals surface area contributed by atoms with Crippen molar-refractivity contribution in [1.29, 1.82) is 0 Å². The highest BCUT2D eigenvalue weighted by molar-refractivity contribution is 5.99. The molecule has 5 atom stereocenters. The number of hydrogen-bond acceptors (Lipinski definition) is 7. The summed E-state index contributed by atoms with van der Waals surface area (Å²) in [6.07, 6.45) is 5.38. The zero-order valence-corrected chi connectivity index (χ0v) is 22.8. The fourth-order valence-electron chi connectivity index (χ4n) is 6.83. The first-order chi connectivity index (χ1) is 18.4. The number of amides is 3. The van der Waals surface area contributed by atoms with Crippen LogP contribution in [0.4, 0.5) is 0 Å². The number of rotatable bonds is 14. The zero-order chi connectivity index (χ0) is 27.3. The van der Waals surface area contributed by atoms with Crippen LogP contribution in [0.1, 0.15) is 32.6 Å². The number of nitrogens with zero attached hydrogens (tertiary/aromatic N) is 4. The van der Waals surface area contributed by atoms with E-state index < -0.39 is 23.5 Å². The third-order valence-electron chi connectivity index (χ3n) is 8.48. The second kappa shape index (κ2) is 12.7. The highest BCUT2D eigenvalue weighted by atomic mass is 16.5. The van der Waals surface area contributed by atoms with E-state index in [1.165, 1.54) is 0 Å². The molecule has 4 aliphatic rings. The normalized spacial score (nSPS) is 30.4. The number of fused-ring (bicyclic) bond motifs is 1. The van der Waals surface area contributed by atoms with Crippen molar-refractivity contribution in [3.05, 3.63) is 25.3 Å². The van der Waals surface area contributed by atoms with Gasteiger partial charge >= 0.3 is 0 Å². The van der Waals surface area contributed by atoms with Gasteiger partial charge in [-0.05, 0) is 25.7 Å². The molecule has 4 saturated heterocycles. The second-order valence-corrected chi connectivity index (χ2v) is 10.8. The van der Waals surface area contributed by atoms with Gasteiger partial charge in [-0.2, -0.15) is 0 Å². The number of likely N-dealkylation sites (tertiary alicyclic amines) is 1. The highest BCUT2D eigenvalue weighted by Gasteiger charge is 2.74. The number of aliphatic hydroxyl groups is 1. The van der Waals surface area contributed by atoms with Crippen LogP contribution in [0, 0.1) is 11.8 Å². The van der Waals surface area contributed by atoms with E-state index in [4.69, 9.17) is 9.47 Å². The molecule has 4 aliphatic heterocycles. The molecule has 0 aromatic rings. The molecule has 4 fully saturated rings. The summed E-state index contributed by atoms with van der Waals surface area (Å²) >= 11 is 0. The predicted octanol–water partition coefficient (Wildman–Crippen LogP) is 0.515. The number of morpholine rings is 1. The molecule has 4 rings (SSSR count). The first-order valence-electron chi connectivity index (χ1n) is 14.1. The molecular weight excluding hydrogens is 488 g/mol. The van der Waals surface area contributed by atoms with Gasteiger partial charge in [0, 0.05) is 59.0 Å².